The predicted octanol–water partition coefficient (Wildman–Crippen LogP) is 3.74. The minimum atomic E-state index is 0.319. The van der Waals surface area contributed by atoms with Gasteiger partial charge in [-0.15, -0.1) is 0 Å². The van der Waals surface area contributed by atoms with E-state index in [-0.39, 0.29) is 0 Å². The Labute approximate surface area is 122 Å². The molecule has 2 aromatic carbocycles. The zero-order chi connectivity index (χ0) is 14.4. The van der Waals surface area contributed by atoms with Crippen molar-refractivity contribution in [1.29, 1.82) is 0 Å². The van der Waals surface area contributed by atoms with Crippen molar-refractivity contribution in [3.8, 4) is 11.5 Å². The van der Waals surface area contributed by atoms with E-state index in [2.05, 4.69) is 5.16 Å². The van der Waals surface area contributed by atoms with E-state index >= 15 is 0 Å². The van der Waals surface area contributed by atoms with Crippen molar-refractivity contribution in [2.24, 2.45) is 5.16 Å². The lowest BCUT2D eigenvalue weighted by molar-refractivity contribution is 0.302. The number of halogens is 1. The number of ether oxygens (including phenoxy) is 2. The maximum Gasteiger partial charge on any atom is 0.132 e. The smallest absolute Gasteiger partial charge is 0.132 e. The Morgan fingerprint density at radius 1 is 1.25 bits per heavy atom. The molecule has 0 aromatic heterocycles. The molecule has 2 rings (SSSR count). The summed E-state index contributed by atoms with van der Waals surface area (Å²) in [5, 5.41) is 12.3. The number of nitrogens with zero attached hydrogens (tertiary/aromatic N) is 1. The first-order valence-electron chi connectivity index (χ1n) is 5.96. The lowest BCUT2D eigenvalue weighted by Gasteiger charge is -2.11. The highest BCUT2D eigenvalue weighted by molar-refractivity contribution is 6.31. The van der Waals surface area contributed by atoms with Crippen LogP contribution in [0.15, 0.2) is 47.6 Å². The van der Waals surface area contributed by atoms with Crippen molar-refractivity contribution >= 4 is 17.8 Å². The second-order valence-corrected chi connectivity index (χ2v) is 4.44. The number of oxime groups is 1. The van der Waals surface area contributed by atoms with E-state index in [0.717, 1.165) is 5.56 Å². The summed E-state index contributed by atoms with van der Waals surface area (Å²) in [5.74, 6) is 1.22. The fourth-order valence-electron chi connectivity index (χ4n) is 1.71. The first kappa shape index (κ1) is 14.2. The molecule has 104 valence electrons. The van der Waals surface area contributed by atoms with E-state index in [1.54, 1.807) is 25.3 Å². The van der Waals surface area contributed by atoms with Crippen LogP contribution in [0.25, 0.3) is 0 Å². The van der Waals surface area contributed by atoms with Crippen LogP contribution in [0.4, 0.5) is 0 Å². The first-order valence-corrected chi connectivity index (χ1v) is 6.34. The zero-order valence-electron chi connectivity index (χ0n) is 10.9. The van der Waals surface area contributed by atoms with Crippen LogP contribution in [-0.4, -0.2) is 18.5 Å². The van der Waals surface area contributed by atoms with Gasteiger partial charge in [-0.1, -0.05) is 35.0 Å². The van der Waals surface area contributed by atoms with Gasteiger partial charge in [0, 0.05) is 22.2 Å². The number of hydrogen-bond acceptors (Lipinski definition) is 4. The number of hydrogen-bond donors (Lipinski definition) is 1. The van der Waals surface area contributed by atoms with Gasteiger partial charge in [-0.05, 0) is 18.2 Å². The molecular weight excluding hydrogens is 278 g/mol. The van der Waals surface area contributed by atoms with Gasteiger partial charge in [0.1, 0.15) is 18.1 Å². The van der Waals surface area contributed by atoms with E-state index < -0.39 is 0 Å². The van der Waals surface area contributed by atoms with E-state index in [0.29, 0.717) is 28.7 Å². The van der Waals surface area contributed by atoms with Gasteiger partial charge < -0.3 is 14.7 Å². The standard InChI is InChI=1S/C15H14ClNO3/c1-19-13-7-6-11(9-17-18)15(8-13)20-10-12-4-2-3-5-14(12)16/h2-9,18H,10H2,1H3/b17-9+. The van der Waals surface area contributed by atoms with Gasteiger partial charge in [-0.3, -0.25) is 0 Å². The molecule has 0 saturated heterocycles. The SMILES string of the molecule is COc1ccc(/C=N/O)c(OCc2ccccc2Cl)c1. The topological polar surface area (TPSA) is 51.0 Å². The Morgan fingerprint density at radius 3 is 2.75 bits per heavy atom. The van der Waals surface area contributed by atoms with Gasteiger partial charge in [-0.2, -0.15) is 0 Å². The summed E-state index contributed by atoms with van der Waals surface area (Å²) in [7, 11) is 1.58. The fourth-order valence-corrected chi connectivity index (χ4v) is 1.90. The van der Waals surface area contributed by atoms with Gasteiger partial charge in [0.25, 0.3) is 0 Å². The molecule has 0 amide bonds. The van der Waals surface area contributed by atoms with Crippen molar-refractivity contribution in [2.45, 2.75) is 6.61 Å². The predicted molar refractivity (Wildman–Crippen MR) is 78.2 cm³/mol. The Balaban J connectivity index is 2.21. The highest BCUT2D eigenvalue weighted by Crippen LogP contribution is 2.25. The summed E-state index contributed by atoms with van der Waals surface area (Å²) in [6.45, 7) is 0.319. The maximum atomic E-state index is 8.66. The summed E-state index contributed by atoms with van der Waals surface area (Å²) in [6.07, 6.45) is 1.31. The second-order valence-electron chi connectivity index (χ2n) is 4.03. The van der Waals surface area contributed by atoms with Crippen LogP contribution >= 0.6 is 11.6 Å². The molecule has 4 nitrogen and oxygen atoms in total. The number of rotatable bonds is 5. The third kappa shape index (κ3) is 3.42. The molecule has 0 saturated carbocycles. The Kier molecular flexibility index (Phi) is 4.85. The molecular formula is C15H14ClNO3. The normalized spacial score (nSPS) is 10.7. The van der Waals surface area contributed by atoms with Crippen molar-refractivity contribution < 1.29 is 14.7 Å². The molecule has 0 fully saturated rings. The summed E-state index contributed by atoms with van der Waals surface area (Å²) in [5.41, 5.74) is 1.53. The second kappa shape index (κ2) is 6.82. The van der Waals surface area contributed by atoms with Gasteiger partial charge >= 0.3 is 0 Å². The minimum absolute atomic E-state index is 0.319. The van der Waals surface area contributed by atoms with Crippen molar-refractivity contribution in [2.75, 3.05) is 7.11 Å². The van der Waals surface area contributed by atoms with Crippen LogP contribution in [0, 0.1) is 0 Å². The number of methoxy groups -OCH3 is 1. The summed E-state index contributed by atoms with van der Waals surface area (Å²) < 4.78 is 10.9. The molecule has 0 radical (unpaired) electrons. The molecule has 0 bridgehead atoms. The molecule has 0 aliphatic heterocycles. The molecule has 0 aliphatic rings. The summed E-state index contributed by atoms with van der Waals surface area (Å²) in [4.78, 5) is 0. The van der Waals surface area contributed by atoms with Gasteiger partial charge in [0.2, 0.25) is 0 Å². The number of benzene rings is 2. The van der Waals surface area contributed by atoms with E-state index in [1.807, 2.05) is 24.3 Å². The average Bonchev–Trinajstić information content (AvgIpc) is 2.48. The summed E-state index contributed by atoms with van der Waals surface area (Å²) >= 11 is 6.08. The quantitative estimate of drug-likeness (QED) is 0.519. The lowest BCUT2D eigenvalue weighted by atomic mass is 10.2. The first-order chi connectivity index (χ1) is 9.74. The zero-order valence-corrected chi connectivity index (χ0v) is 11.7. The molecule has 2 aromatic rings. The van der Waals surface area contributed by atoms with Gasteiger partial charge in [-0.25, -0.2) is 0 Å². The van der Waals surface area contributed by atoms with E-state index in [9.17, 15) is 0 Å². The third-order valence-electron chi connectivity index (χ3n) is 2.76. The fraction of sp³-hybridized carbons (Fsp3) is 0.133. The average molecular weight is 292 g/mol. The van der Waals surface area contributed by atoms with Crippen LogP contribution in [-0.2, 0) is 6.61 Å². The molecule has 0 atom stereocenters. The molecule has 0 aliphatic carbocycles. The van der Waals surface area contributed by atoms with Crippen molar-refractivity contribution in [3.63, 3.8) is 0 Å². The highest BCUT2D eigenvalue weighted by Gasteiger charge is 2.06. The summed E-state index contributed by atoms with van der Waals surface area (Å²) in [6, 6.07) is 12.7. The third-order valence-corrected chi connectivity index (χ3v) is 3.13. The Hall–Kier alpha value is -2.20. The highest BCUT2D eigenvalue weighted by atomic mass is 35.5. The van der Waals surface area contributed by atoms with Crippen molar-refractivity contribution in [1.82, 2.24) is 0 Å². The minimum Gasteiger partial charge on any atom is -0.497 e. The van der Waals surface area contributed by atoms with Crippen LogP contribution in [0.3, 0.4) is 0 Å². The van der Waals surface area contributed by atoms with Crippen LogP contribution < -0.4 is 9.47 Å². The molecule has 0 spiro atoms. The lowest BCUT2D eigenvalue weighted by Crippen LogP contribution is -1.99. The van der Waals surface area contributed by atoms with Crippen molar-refractivity contribution in [3.05, 3.63) is 58.6 Å². The van der Waals surface area contributed by atoms with Crippen LogP contribution in [0.2, 0.25) is 5.02 Å². The largest absolute Gasteiger partial charge is 0.497 e. The molecule has 0 heterocycles. The van der Waals surface area contributed by atoms with Crippen LogP contribution in [0.1, 0.15) is 11.1 Å². The molecule has 0 unspecified atom stereocenters. The van der Waals surface area contributed by atoms with E-state index in [4.69, 9.17) is 26.3 Å². The van der Waals surface area contributed by atoms with E-state index in [1.165, 1.54) is 6.21 Å². The monoisotopic (exact) mass is 291 g/mol. The Morgan fingerprint density at radius 2 is 2.05 bits per heavy atom. The molecule has 1 N–H and O–H groups in total. The van der Waals surface area contributed by atoms with Crippen LogP contribution in [0.5, 0.6) is 11.5 Å². The van der Waals surface area contributed by atoms with Gasteiger partial charge in [0.05, 0.1) is 13.3 Å². The molecule has 5 heteroatoms. The molecule has 20 heavy (non-hydrogen) atoms. The van der Waals surface area contributed by atoms with Gasteiger partial charge in [0.15, 0.2) is 0 Å². The Bertz CT molecular complexity index is 614. The maximum absolute atomic E-state index is 8.66.